The molecule has 1 N–H and O–H groups in total. The molecule has 7 nitrogen and oxygen atoms in total. The number of hydrogen-bond acceptors (Lipinski definition) is 4. The van der Waals surface area contributed by atoms with Gasteiger partial charge < -0.3 is 14.6 Å². The average molecular weight is 361 g/mol. The van der Waals surface area contributed by atoms with Gasteiger partial charge in [-0.05, 0) is 50.7 Å². The molecule has 1 aliphatic carbocycles. The molecule has 3 rings (SSSR count). The van der Waals surface area contributed by atoms with Crippen molar-refractivity contribution in [3.05, 3.63) is 24.2 Å². The third-order valence-corrected chi connectivity index (χ3v) is 6.00. The third kappa shape index (κ3) is 3.22. The van der Waals surface area contributed by atoms with Gasteiger partial charge in [-0.15, -0.1) is 0 Å². The molecule has 1 saturated carbocycles. The van der Waals surface area contributed by atoms with Crippen LogP contribution in [0.3, 0.4) is 0 Å². The van der Waals surface area contributed by atoms with E-state index < -0.39 is 11.6 Å². The molecule has 142 valence electrons. The van der Waals surface area contributed by atoms with Gasteiger partial charge in [-0.25, -0.2) is 4.79 Å². The van der Waals surface area contributed by atoms with E-state index in [0.717, 1.165) is 24.2 Å². The van der Waals surface area contributed by atoms with Crippen LogP contribution in [0.1, 0.15) is 57.8 Å². The van der Waals surface area contributed by atoms with Gasteiger partial charge in [0.05, 0.1) is 12.3 Å². The highest BCUT2D eigenvalue weighted by molar-refractivity contribution is 6.09. The van der Waals surface area contributed by atoms with E-state index in [1.54, 1.807) is 25.4 Å². The van der Waals surface area contributed by atoms with E-state index in [2.05, 4.69) is 12.2 Å². The number of urea groups is 1. The van der Waals surface area contributed by atoms with Gasteiger partial charge >= 0.3 is 6.03 Å². The van der Waals surface area contributed by atoms with E-state index in [4.69, 9.17) is 4.42 Å². The summed E-state index contributed by atoms with van der Waals surface area (Å²) in [5, 5.41) is 2.86. The molecule has 26 heavy (non-hydrogen) atoms. The van der Waals surface area contributed by atoms with Crippen LogP contribution in [0.25, 0.3) is 0 Å². The molecule has 1 spiro atoms. The highest BCUT2D eigenvalue weighted by Crippen LogP contribution is 2.37. The lowest BCUT2D eigenvalue weighted by atomic mass is 9.75. The number of likely N-dealkylation sites (N-methyl/N-ethyl adjacent to an activating group) is 1. The second-order valence-electron chi connectivity index (χ2n) is 7.45. The van der Waals surface area contributed by atoms with Gasteiger partial charge in [0.1, 0.15) is 17.8 Å². The lowest BCUT2D eigenvalue weighted by molar-refractivity contribution is -0.140. The minimum atomic E-state index is -0.811. The summed E-state index contributed by atoms with van der Waals surface area (Å²) in [4.78, 5) is 40.4. The van der Waals surface area contributed by atoms with Gasteiger partial charge in [0.15, 0.2) is 0 Å². The first-order chi connectivity index (χ1) is 12.4. The minimum Gasteiger partial charge on any atom is -0.467 e. The van der Waals surface area contributed by atoms with Crippen molar-refractivity contribution >= 4 is 17.8 Å². The molecule has 4 amide bonds. The van der Waals surface area contributed by atoms with E-state index >= 15 is 0 Å². The first-order valence-electron chi connectivity index (χ1n) is 9.31. The quantitative estimate of drug-likeness (QED) is 0.818. The molecule has 0 radical (unpaired) electrons. The van der Waals surface area contributed by atoms with Crippen molar-refractivity contribution in [2.45, 2.75) is 57.5 Å². The third-order valence-electron chi connectivity index (χ3n) is 6.00. The van der Waals surface area contributed by atoms with E-state index in [9.17, 15) is 14.4 Å². The molecule has 2 fully saturated rings. The second-order valence-corrected chi connectivity index (χ2v) is 7.45. The van der Waals surface area contributed by atoms with Crippen molar-refractivity contribution in [3.63, 3.8) is 0 Å². The summed E-state index contributed by atoms with van der Waals surface area (Å²) in [6, 6.07) is 2.82. The van der Waals surface area contributed by atoms with E-state index in [1.807, 2.05) is 6.92 Å². The SMILES string of the molecule is CCC1CCC2(CC1)NC(=O)N(CC(=O)N(C)C(C)c1ccco1)C2=O. The van der Waals surface area contributed by atoms with Crippen molar-refractivity contribution in [3.8, 4) is 0 Å². The van der Waals surface area contributed by atoms with Gasteiger partial charge in [-0.1, -0.05) is 13.3 Å². The Balaban J connectivity index is 1.65. The van der Waals surface area contributed by atoms with Gasteiger partial charge in [0.25, 0.3) is 5.91 Å². The molecule has 1 saturated heterocycles. The zero-order valence-electron chi connectivity index (χ0n) is 15.7. The van der Waals surface area contributed by atoms with Crippen LogP contribution in [-0.2, 0) is 9.59 Å². The Bertz CT molecular complexity index is 677. The number of furan rings is 1. The van der Waals surface area contributed by atoms with Gasteiger partial charge in [0.2, 0.25) is 5.91 Å². The summed E-state index contributed by atoms with van der Waals surface area (Å²) < 4.78 is 5.34. The van der Waals surface area contributed by atoms with E-state index in [1.165, 1.54) is 4.90 Å². The number of nitrogens with one attached hydrogen (secondary N) is 1. The van der Waals surface area contributed by atoms with Crippen molar-refractivity contribution < 1.29 is 18.8 Å². The Kier molecular flexibility index (Phi) is 5.07. The molecule has 2 aliphatic rings. The standard InChI is InChI=1S/C19H27N3O4/c1-4-14-7-9-19(10-8-14)17(24)22(18(25)20-19)12-16(23)21(3)13(2)15-6-5-11-26-15/h5-6,11,13-14H,4,7-10,12H2,1-3H3,(H,20,25). The molecule has 7 heteroatoms. The zero-order chi connectivity index (χ0) is 18.9. The number of carbonyl (C=O) groups is 3. The van der Waals surface area contributed by atoms with Crippen LogP contribution in [-0.4, -0.2) is 46.8 Å². The second kappa shape index (κ2) is 7.13. The highest BCUT2D eigenvalue weighted by atomic mass is 16.3. The number of rotatable bonds is 5. The molecule has 1 atom stereocenters. The van der Waals surface area contributed by atoms with Gasteiger partial charge in [-0.3, -0.25) is 14.5 Å². The van der Waals surface area contributed by atoms with E-state index in [0.29, 0.717) is 24.5 Å². The number of imide groups is 1. The largest absolute Gasteiger partial charge is 0.467 e. The molecular weight excluding hydrogens is 334 g/mol. The Morgan fingerprint density at radius 2 is 2.12 bits per heavy atom. The summed E-state index contributed by atoms with van der Waals surface area (Å²) >= 11 is 0. The monoisotopic (exact) mass is 361 g/mol. The molecule has 1 aliphatic heterocycles. The van der Waals surface area contributed by atoms with Crippen LogP contribution in [0.2, 0.25) is 0 Å². The fourth-order valence-electron chi connectivity index (χ4n) is 3.92. The Morgan fingerprint density at radius 3 is 2.69 bits per heavy atom. The zero-order valence-corrected chi connectivity index (χ0v) is 15.7. The highest BCUT2D eigenvalue weighted by Gasteiger charge is 2.52. The predicted octanol–water partition coefficient (Wildman–Crippen LogP) is 2.69. The molecule has 0 aromatic carbocycles. The summed E-state index contributed by atoms with van der Waals surface area (Å²) in [6.45, 7) is 3.75. The predicted molar refractivity (Wildman–Crippen MR) is 95.1 cm³/mol. The van der Waals surface area contributed by atoms with Crippen LogP contribution < -0.4 is 5.32 Å². The topological polar surface area (TPSA) is 82.9 Å². The summed E-state index contributed by atoms with van der Waals surface area (Å²) in [5.74, 6) is 0.717. The van der Waals surface area contributed by atoms with Crippen molar-refractivity contribution in [1.82, 2.24) is 15.1 Å². The van der Waals surface area contributed by atoms with Crippen LogP contribution in [0.4, 0.5) is 4.79 Å². The average Bonchev–Trinajstić information content (AvgIpc) is 3.25. The van der Waals surface area contributed by atoms with Gasteiger partial charge in [-0.2, -0.15) is 0 Å². The maximum absolute atomic E-state index is 12.9. The van der Waals surface area contributed by atoms with Crippen molar-refractivity contribution in [2.24, 2.45) is 5.92 Å². The summed E-state index contributed by atoms with van der Waals surface area (Å²) in [5.41, 5.74) is -0.811. The first kappa shape index (κ1) is 18.5. The van der Waals surface area contributed by atoms with Crippen LogP contribution in [0.5, 0.6) is 0 Å². The Morgan fingerprint density at radius 1 is 1.42 bits per heavy atom. The number of nitrogens with zero attached hydrogens (tertiary/aromatic N) is 2. The van der Waals surface area contributed by atoms with Gasteiger partial charge in [0, 0.05) is 7.05 Å². The molecule has 1 unspecified atom stereocenters. The lowest BCUT2D eigenvalue weighted by Crippen LogP contribution is -2.50. The first-order valence-corrected chi connectivity index (χ1v) is 9.31. The van der Waals surface area contributed by atoms with Crippen molar-refractivity contribution in [1.29, 1.82) is 0 Å². The molecular formula is C19H27N3O4. The maximum Gasteiger partial charge on any atom is 0.325 e. The lowest BCUT2D eigenvalue weighted by Gasteiger charge is -2.34. The fraction of sp³-hybridized carbons (Fsp3) is 0.632. The fourth-order valence-corrected chi connectivity index (χ4v) is 3.92. The summed E-state index contributed by atoms with van der Waals surface area (Å²) in [7, 11) is 1.65. The Hall–Kier alpha value is -2.31. The van der Waals surface area contributed by atoms with Crippen LogP contribution in [0.15, 0.2) is 22.8 Å². The Labute approximate surface area is 153 Å². The number of carbonyl (C=O) groups excluding carboxylic acids is 3. The van der Waals surface area contributed by atoms with Crippen LogP contribution >= 0.6 is 0 Å². The van der Waals surface area contributed by atoms with Crippen molar-refractivity contribution in [2.75, 3.05) is 13.6 Å². The molecule has 0 bridgehead atoms. The smallest absolute Gasteiger partial charge is 0.325 e. The molecule has 1 aromatic rings. The number of hydrogen-bond donors (Lipinski definition) is 1. The van der Waals surface area contributed by atoms with E-state index in [-0.39, 0.29) is 24.4 Å². The molecule has 1 aromatic heterocycles. The minimum absolute atomic E-state index is 0.245. The van der Waals surface area contributed by atoms with Crippen LogP contribution in [0, 0.1) is 5.92 Å². The maximum atomic E-state index is 12.9. The normalized spacial score (nSPS) is 26.9. The summed E-state index contributed by atoms with van der Waals surface area (Å²) in [6.07, 6.45) is 5.81. The molecule has 2 heterocycles. The number of amides is 4.